The predicted molar refractivity (Wildman–Crippen MR) is 113 cm³/mol. The van der Waals surface area contributed by atoms with Crippen molar-refractivity contribution in [3.05, 3.63) is 101 Å². The maximum Gasteiger partial charge on any atom is 0.333 e. The highest BCUT2D eigenvalue weighted by Gasteiger charge is 2.34. The molecule has 0 bridgehead atoms. The fourth-order valence-electron chi connectivity index (χ4n) is 2.95. The van der Waals surface area contributed by atoms with E-state index in [1.54, 1.807) is 30.3 Å². The van der Waals surface area contributed by atoms with Gasteiger partial charge in [-0.3, -0.25) is 4.79 Å². The molecule has 1 heterocycles. The molecule has 0 radical (unpaired) electrons. The van der Waals surface area contributed by atoms with E-state index in [2.05, 4.69) is 5.32 Å². The Balaban J connectivity index is 1.46. The first kappa shape index (κ1) is 18.8. The van der Waals surface area contributed by atoms with Crippen molar-refractivity contribution in [2.45, 2.75) is 6.61 Å². The summed E-state index contributed by atoms with van der Waals surface area (Å²) in [4.78, 5) is 26.0. The van der Waals surface area contributed by atoms with Crippen molar-refractivity contribution in [2.75, 3.05) is 4.90 Å². The minimum Gasteiger partial charge on any atom is -0.489 e. The molecule has 4 rings (SSSR count). The molecule has 1 aliphatic rings. The minimum absolute atomic E-state index is 0.202. The molecule has 0 saturated carbocycles. The molecule has 0 spiro atoms. The van der Waals surface area contributed by atoms with Crippen LogP contribution in [0.3, 0.4) is 0 Å². The molecule has 144 valence electrons. The molecule has 1 fully saturated rings. The van der Waals surface area contributed by atoms with Crippen molar-refractivity contribution in [1.82, 2.24) is 5.32 Å². The average molecular weight is 405 g/mol. The van der Waals surface area contributed by atoms with Gasteiger partial charge in [0.05, 0.1) is 5.69 Å². The Morgan fingerprint density at radius 1 is 0.931 bits per heavy atom. The van der Waals surface area contributed by atoms with Crippen LogP contribution in [0.1, 0.15) is 11.1 Å². The van der Waals surface area contributed by atoms with E-state index >= 15 is 0 Å². The summed E-state index contributed by atoms with van der Waals surface area (Å²) in [6, 6.07) is 23.3. The van der Waals surface area contributed by atoms with Crippen LogP contribution in [-0.2, 0) is 11.4 Å². The Labute approximate surface area is 173 Å². The van der Waals surface area contributed by atoms with Crippen LogP contribution in [0.5, 0.6) is 5.75 Å². The lowest BCUT2D eigenvalue weighted by Crippen LogP contribution is -2.30. The van der Waals surface area contributed by atoms with Gasteiger partial charge in [0, 0.05) is 5.02 Å². The average Bonchev–Trinajstić information content (AvgIpc) is 3.01. The number of benzene rings is 3. The molecule has 1 N–H and O–H groups in total. The molecule has 0 unspecified atom stereocenters. The highest BCUT2D eigenvalue weighted by Crippen LogP contribution is 2.25. The van der Waals surface area contributed by atoms with Crippen molar-refractivity contribution >= 4 is 35.3 Å². The SMILES string of the molecule is O=C1N/C(=C\c2ccc(OCc3ccccc3)cc2)C(=O)N1c1cccc(Cl)c1. The molecule has 3 aromatic rings. The van der Waals surface area contributed by atoms with Gasteiger partial charge in [-0.15, -0.1) is 0 Å². The zero-order valence-corrected chi connectivity index (χ0v) is 16.1. The Hall–Kier alpha value is -3.57. The van der Waals surface area contributed by atoms with Gasteiger partial charge < -0.3 is 10.1 Å². The number of nitrogens with zero attached hydrogens (tertiary/aromatic N) is 1. The van der Waals surface area contributed by atoms with Gasteiger partial charge in [0.15, 0.2) is 0 Å². The molecule has 6 heteroatoms. The lowest BCUT2D eigenvalue weighted by molar-refractivity contribution is -0.113. The normalized spacial score (nSPS) is 14.9. The molecule has 1 saturated heterocycles. The Morgan fingerprint density at radius 2 is 1.69 bits per heavy atom. The fourth-order valence-corrected chi connectivity index (χ4v) is 3.14. The summed E-state index contributed by atoms with van der Waals surface area (Å²) in [6.45, 7) is 0.477. The molecule has 0 aliphatic carbocycles. The highest BCUT2D eigenvalue weighted by atomic mass is 35.5. The molecule has 0 atom stereocenters. The minimum atomic E-state index is -0.508. The van der Waals surface area contributed by atoms with Crippen LogP contribution in [0.2, 0.25) is 5.02 Å². The van der Waals surface area contributed by atoms with E-state index in [1.807, 2.05) is 54.6 Å². The molecular formula is C23H17ClN2O3. The van der Waals surface area contributed by atoms with Crippen LogP contribution in [0.15, 0.2) is 84.6 Å². The number of imide groups is 1. The maximum absolute atomic E-state index is 12.7. The number of halogens is 1. The highest BCUT2D eigenvalue weighted by molar-refractivity contribution is 6.32. The zero-order valence-electron chi connectivity index (χ0n) is 15.3. The Morgan fingerprint density at radius 3 is 2.41 bits per heavy atom. The molecule has 29 heavy (non-hydrogen) atoms. The monoisotopic (exact) mass is 404 g/mol. The quantitative estimate of drug-likeness (QED) is 0.480. The van der Waals surface area contributed by atoms with E-state index in [4.69, 9.17) is 16.3 Å². The summed E-state index contributed by atoms with van der Waals surface area (Å²) in [7, 11) is 0. The number of hydrogen-bond donors (Lipinski definition) is 1. The van der Waals surface area contributed by atoms with Gasteiger partial charge in [0.1, 0.15) is 18.1 Å². The summed E-state index contributed by atoms with van der Waals surface area (Å²) in [5, 5.41) is 3.06. The van der Waals surface area contributed by atoms with E-state index in [1.165, 1.54) is 0 Å². The van der Waals surface area contributed by atoms with Crippen molar-refractivity contribution in [1.29, 1.82) is 0 Å². The van der Waals surface area contributed by atoms with Crippen LogP contribution in [0, 0.1) is 0 Å². The first-order valence-corrected chi connectivity index (χ1v) is 9.37. The standard InChI is InChI=1S/C23H17ClN2O3/c24-18-7-4-8-19(14-18)26-22(27)21(25-23(26)28)13-16-9-11-20(12-10-16)29-15-17-5-2-1-3-6-17/h1-14H,15H2,(H,25,28)/b21-13-. The first-order valence-electron chi connectivity index (χ1n) is 9.00. The van der Waals surface area contributed by atoms with Crippen molar-refractivity contribution in [3.63, 3.8) is 0 Å². The van der Waals surface area contributed by atoms with Crippen molar-refractivity contribution in [3.8, 4) is 5.75 Å². The van der Waals surface area contributed by atoms with Crippen LogP contribution in [0.4, 0.5) is 10.5 Å². The summed E-state index contributed by atoms with van der Waals surface area (Å²) < 4.78 is 5.76. The first-order chi connectivity index (χ1) is 14.1. The van der Waals surface area contributed by atoms with Gasteiger partial charge in [0.2, 0.25) is 0 Å². The molecule has 1 aliphatic heterocycles. The number of carbonyl (C=O) groups is 2. The molecule has 3 aromatic carbocycles. The number of hydrogen-bond acceptors (Lipinski definition) is 3. The Bertz CT molecular complexity index is 1080. The zero-order chi connectivity index (χ0) is 20.2. The van der Waals surface area contributed by atoms with E-state index in [0.717, 1.165) is 21.8 Å². The molecule has 5 nitrogen and oxygen atoms in total. The largest absolute Gasteiger partial charge is 0.489 e. The van der Waals surface area contributed by atoms with Crippen molar-refractivity contribution in [2.24, 2.45) is 0 Å². The molecule has 3 amide bonds. The third-order valence-corrected chi connectivity index (χ3v) is 4.62. The van der Waals surface area contributed by atoms with E-state index in [-0.39, 0.29) is 5.70 Å². The smallest absolute Gasteiger partial charge is 0.333 e. The summed E-state index contributed by atoms with van der Waals surface area (Å²) in [5.74, 6) is 0.292. The van der Waals surface area contributed by atoms with Crippen LogP contribution >= 0.6 is 11.6 Å². The lowest BCUT2D eigenvalue weighted by Gasteiger charge is -2.11. The number of anilines is 1. The lowest BCUT2D eigenvalue weighted by atomic mass is 10.2. The topological polar surface area (TPSA) is 58.6 Å². The number of carbonyl (C=O) groups excluding carboxylic acids is 2. The number of amides is 3. The number of nitrogens with one attached hydrogen (secondary N) is 1. The van der Waals surface area contributed by atoms with E-state index in [0.29, 0.717) is 17.3 Å². The number of rotatable bonds is 5. The van der Waals surface area contributed by atoms with Crippen molar-refractivity contribution < 1.29 is 14.3 Å². The maximum atomic E-state index is 12.7. The fraction of sp³-hybridized carbons (Fsp3) is 0.0435. The molecular weight excluding hydrogens is 388 g/mol. The second-order valence-corrected chi connectivity index (χ2v) is 6.89. The number of urea groups is 1. The van der Waals surface area contributed by atoms with E-state index in [9.17, 15) is 9.59 Å². The summed E-state index contributed by atoms with van der Waals surface area (Å²) >= 11 is 5.97. The van der Waals surface area contributed by atoms with Crippen LogP contribution in [-0.4, -0.2) is 11.9 Å². The second kappa shape index (κ2) is 8.20. The summed E-state index contributed by atoms with van der Waals surface area (Å²) in [5.41, 5.74) is 2.48. The van der Waals surface area contributed by atoms with Gasteiger partial charge in [-0.25, -0.2) is 9.69 Å². The van der Waals surface area contributed by atoms with Gasteiger partial charge in [-0.2, -0.15) is 0 Å². The van der Waals surface area contributed by atoms with Gasteiger partial charge in [-0.1, -0.05) is 60.1 Å². The summed E-state index contributed by atoms with van der Waals surface area (Å²) in [6.07, 6.45) is 1.63. The predicted octanol–water partition coefficient (Wildman–Crippen LogP) is 5.02. The van der Waals surface area contributed by atoms with Gasteiger partial charge in [-0.05, 0) is 47.5 Å². The third kappa shape index (κ3) is 4.31. The third-order valence-electron chi connectivity index (χ3n) is 4.38. The van der Waals surface area contributed by atoms with E-state index < -0.39 is 11.9 Å². The van der Waals surface area contributed by atoms with Crippen LogP contribution in [0.25, 0.3) is 6.08 Å². The molecule has 0 aromatic heterocycles. The number of ether oxygens (including phenoxy) is 1. The Kier molecular flexibility index (Phi) is 5.31. The van der Waals surface area contributed by atoms with Crippen LogP contribution < -0.4 is 15.0 Å². The second-order valence-electron chi connectivity index (χ2n) is 6.45. The van der Waals surface area contributed by atoms with Gasteiger partial charge in [0.25, 0.3) is 5.91 Å². The van der Waals surface area contributed by atoms with Gasteiger partial charge >= 0.3 is 6.03 Å².